The number of aliphatic hydroxyl groups is 1. The second kappa shape index (κ2) is 13.4. The van der Waals surface area contributed by atoms with E-state index in [4.69, 9.17) is 4.74 Å². The normalized spacial score (nSPS) is 21.1. The van der Waals surface area contributed by atoms with Gasteiger partial charge < -0.3 is 25.8 Å². The van der Waals surface area contributed by atoms with Crippen molar-refractivity contribution in [1.82, 2.24) is 16.0 Å². The van der Waals surface area contributed by atoms with Crippen molar-refractivity contribution in [1.29, 1.82) is 0 Å². The van der Waals surface area contributed by atoms with E-state index in [0.717, 1.165) is 11.1 Å². The van der Waals surface area contributed by atoms with Gasteiger partial charge in [0.15, 0.2) is 0 Å². The lowest BCUT2D eigenvalue weighted by Crippen LogP contribution is -2.60. The molecule has 0 unspecified atom stereocenters. The predicted molar refractivity (Wildman–Crippen MR) is 154 cm³/mol. The zero-order chi connectivity index (χ0) is 28.5. The lowest BCUT2D eigenvalue weighted by molar-refractivity contribution is -0.135. The molecule has 8 nitrogen and oxygen atoms in total. The summed E-state index contributed by atoms with van der Waals surface area (Å²) in [6, 6.07) is 22.5. The van der Waals surface area contributed by atoms with Crippen molar-refractivity contribution in [3.05, 3.63) is 114 Å². The standard InChI is InChI=1S/C32H33N3O5/c1-21(2)30-28(34-26(36)18-15-22-9-5-3-6-10-22)32(39)35-27(29(37)24-11-7-4-8-12-24)31(38)33-20-19-23-13-16-25(40-30)17-14-23/h3-21,27-30,37H,1-2H3,(H,33,38)(H,34,36)(H,35,39)/b18-15-,20-19-/t27-,28+,29-,30+/m1/s1. The van der Waals surface area contributed by atoms with Gasteiger partial charge >= 0.3 is 0 Å². The van der Waals surface area contributed by atoms with E-state index in [-0.39, 0.29) is 5.92 Å². The van der Waals surface area contributed by atoms with Crippen molar-refractivity contribution in [2.75, 3.05) is 0 Å². The minimum atomic E-state index is -1.35. The highest BCUT2D eigenvalue weighted by Crippen LogP contribution is 2.22. The zero-order valence-electron chi connectivity index (χ0n) is 22.4. The number of amides is 3. The largest absolute Gasteiger partial charge is 0.487 e. The molecule has 4 atom stereocenters. The van der Waals surface area contributed by atoms with Gasteiger partial charge in [-0.25, -0.2) is 0 Å². The van der Waals surface area contributed by atoms with Crippen molar-refractivity contribution >= 4 is 29.9 Å². The lowest BCUT2D eigenvalue weighted by atomic mass is 9.96. The van der Waals surface area contributed by atoms with Crippen LogP contribution in [0.3, 0.4) is 0 Å². The summed E-state index contributed by atoms with van der Waals surface area (Å²) in [4.78, 5) is 40.1. The van der Waals surface area contributed by atoms with Gasteiger partial charge in [-0.05, 0) is 46.9 Å². The summed E-state index contributed by atoms with van der Waals surface area (Å²) in [6.07, 6.45) is 3.98. The highest BCUT2D eigenvalue weighted by atomic mass is 16.5. The fraction of sp³-hybridized carbons (Fsp3) is 0.219. The van der Waals surface area contributed by atoms with Crippen molar-refractivity contribution in [3.63, 3.8) is 0 Å². The number of rotatable bonds is 6. The van der Waals surface area contributed by atoms with Crippen LogP contribution in [0.4, 0.5) is 0 Å². The fourth-order valence-corrected chi connectivity index (χ4v) is 4.32. The van der Waals surface area contributed by atoms with Crippen LogP contribution in [0.2, 0.25) is 0 Å². The smallest absolute Gasteiger partial charge is 0.249 e. The van der Waals surface area contributed by atoms with Crippen LogP contribution in [0.25, 0.3) is 12.2 Å². The number of hydrogen-bond donors (Lipinski definition) is 4. The van der Waals surface area contributed by atoms with E-state index in [9.17, 15) is 19.5 Å². The fourth-order valence-electron chi connectivity index (χ4n) is 4.32. The summed E-state index contributed by atoms with van der Waals surface area (Å²) >= 11 is 0. The third kappa shape index (κ3) is 7.45. The molecule has 0 saturated carbocycles. The number of carbonyl (C=O) groups excluding carboxylic acids is 3. The van der Waals surface area contributed by atoms with Gasteiger partial charge in [-0.3, -0.25) is 14.4 Å². The Morgan fingerprint density at radius 2 is 1.57 bits per heavy atom. The van der Waals surface area contributed by atoms with Gasteiger partial charge in [0, 0.05) is 12.3 Å². The first-order chi connectivity index (χ1) is 19.3. The summed E-state index contributed by atoms with van der Waals surface area (Å²) in [5.41, 5.74) is 2.08. The topological polar surface area (TPSA) is 117 Å². The quantitative estimate of drug-likeness (QED) is 0.357. The minimum Gasteiger partial charge on any atom is -0.487 e. The molecule has 4 N–H and O–H groups in total. The van der Waals surface area contributed by atoms with Gasteiger partial charge in [0.1, 0.15) is 30.0 Å². The SMILES string of the molecule is CC(C)[C@@H]1Oc2ccc(cc2)/C=C\NC(=O)[C@@H]([C@H](O)c2ccccc2)NC(=O)[C@H]1NC(=O)/C=C\c1ccccc1. The van der Waals surface area contributed by atoms with Crippen molar-refractivity contribution in [3.8, 4) is 5.75 Å². The molecular formula is C32H33N3O5. The number of hydrogen-bond acceptors (Lipinski definition) is 5. The molecule has 8 heteroatoms. The molecule has 2 heterocycles. The van der Waals surface area contributed by atoms with Crippen LogP contribution in [-0.2, 0) is 14.4 Å². The Labute approximate surface area is 233 Å². The van der Waals surface area contributed by atoms with Gasteiger partial charge in [-0.15, -0.1) is 0 Å². The maximum absolute atomic E-state index is 13.8. The number of benzene rings is 3. The maximum atomic E-state index is 13.8. The van der Waals surface area contributed by atoms with E-state index >= 15 is 0 Å². The summed E-state index contributed by atoms with van der Waals surface area (Å²) in [6.45, 7) is 3.75. The molecule has 206 valence electrons. The molecule has 40 heavy (non-hydrogen) atoms. The first kappa shape index (κ1) is 28.3. The van der Waals surface area contributed by atoms with Gasteiger partial charge in [-0.1, -0.05) is 86.6 Å². The van der Waals surface area contributed by atoms with E-state index in [1.165, 1.54) is 12.3 Å². The van der Waals surface area contributed by atoms with E-state index in [1.54, 1.807) is 54.6 Å². The molecule has 2 aliphatic heterocycles. The van der Waals surface area contributed by atoms with Crippen LogP contribution in [0, 0.1) is 5.92 Å². The average Bonchev–Trinajstić information content (AvgIpc) is 2.97. The Bertz CT molecular complexity index is 1350. The van der Waals surface area contributed by atoms with Crippen LogP contribution >= 0.6 is 0 Å². The Hall–Kier alpha value is -4.69. The summed E-state index contributed by atoms with van der Waals surface area (Å²) in [7, 11) is 0. The molecular weight excluding hydrogens is 506 g/mol. The van der Waals surface area contributed by atoms with Crippen LogP contribution in [0.1, 0.15) is 36.6 Å². The highest BCUT2D eigenvalue weighted by Gasteiger charge is 2.38. The molecule has 0 fully saturated rings. The molecule has 0 radical (unpaired) electrons. The van der Waals surface area contributed by atoms with E-state index in [1.807, 2.05) is 56.3 Å². The number of ether oxygens (including phenoxy) is 1. The van der Waals surface area contributed by atoms with E-state index in [0.29, 0.717) is 11.3 Å². The average molecular weight is 540 g/mol. The van der Waals surface area contributed by atoms with Gasteiger partial charge in [-0.2, -0.15) is 0 Å². The Kier molecular flexibility index (Phi) is 9.48. The van der Waals surface area contributed by atoms with E-state index < -0.39 is 42.0 Å². The Morgan fingerprint density at radius 3 is 2.23 bits per heavy atom. The van der Waals surface area contributed by atoms with Crippen molar-refractivity contribution < 1.29 is 24.2 Å². The summed E-state index contributed by atoms with van der Waals surface area (Å²) in [5.74, 6) is -1.50. The maximum Gasteiger partial charge on any atom is 0.249 e. The first-order valence-electron chi connectivity index (χ1n) is 13.1. The molecule has 0 spiro atoms. The molecule has 3 amide bonds. The number of carbonyl (C=O) groups is 3. The molecule has 0 aliphatic carbocycles. The monoisotopic (exact) mass is 539 g/mol. The Morgan fingerprint density at radius 1 is 0.925 bits per heavy atom. The van der Waals surface area contributed by atoms with Crippen molar-refractivity contribution in [2.24, 2.45) is 5.92 Å². The third-order valence-electron chi connectivity index (χ3n) is 6.48. The van der Waals surface area contributed by atoms with Crippen LogP contribution in [0.5, 0.6) is 5.75 Å². The number of fused-ring (bicyclic) bond motifs is 10. The van der Waals surface area contributed by atoms with Crippen LogP contribution in [0.15, 0.2) is 97.2 Å². The van der Waals surface area contributed by atoms with Gasteiger partial charge in [0.25, 0.3) is 0 Å². The molecule has 3 aromatic rings. The lowest BCUT2D eigenvalue weighted by Gasteiger charge is -2.32. The van der Waals surface area contributed by atoms with Gasteiger partial charge in [0.05, 0.1) is 0 Å². The third-order valence-corrected chi connectivity index (χ3v) is 6.48. The van der Waals surface area contributed by atoms with Crippen molar-refractivity contribution in [2.45, 2.75) is 38.1 Å². The summed E-state index contributed by atoms with van der Waals surface area (Å²) < 4.78 is 6.24. The Balaban J connectivity index is 1.69. The van der Waals surface area contributed by atoms with Crippen LogP contribution < -0.4 is 20.7 Å². The first-order valence-corrected chi connectivity index (χ1v) is 13.1. The molecule has 5 rings (SSSR count). The van der Waals surface area contributed by atoms with Crippen LogP contribution in [-0.4, -0.2) is 41.0 Å². The summed E-state index contributed by atoms with van der Waals surface area (Å²) in [5, 5.41) is 19.2. The highest BCUT2D eigenvalue weighted by molar-refractivity contribution is 5.97. The molecule has 3 aromatic carbocycles. The molecule has 0 saturated heterocycles. The second-order valence-electron chi connectivity index (χ2n) is 9.81. The number of nitrogens with one attached hydrogen (secondary N) is 3. The molecule has 2 bridgehead atoms. The van der Waals surface area contributed by atoms with Gasteiger partial charge in [0.2, 0.25) is 17.7 Å². The zero-order valence-corrected chi connectivity index (χ0v) is 22.4. The number of aliphatic hydroxyl groups excluding tert-OH is 1. The molecule has 2 aliphatic rings. The minimum absolute atomic E-state index is 0.215. The van der Waals surface area contributed by atoms with E-state index in [2.05, 4.69) is 16.0 Å². The molecule has 0 aromatic heterocycles. The second-order valence-corrected chi connectivity index (χ2v) is 9.81. The predicted octanol–water partition coefficient (Wildman–Crippen LogP) is 3.61.